The van der Waals surface area contributed by atoms with E-state index in [-0.39, 0.29) is 17.9 Å². The number of nitrogens with zero attached hydrogens (tertiary/aromatic N) is 2. The zero-order valence-electron chi connectivity index (χ0n) is 16.3. The third-order valence-corrected chi connectivity index (χ3v) is 5.39. The van der Waals surface area contributed by atoms with Crippen molar-refractivity contribution in [3.63, 3.8) is 0 Å². The number of rotatable bonds is 4. The molecule has 0 saturated carbocycles. The Labute approximate surface area is 181 Å². The van der Waals surface area contributed by atoms with Crippen molar-refractivity contribution in [3.05, 3.63) is 70.9 Å². The van der Waals surface area contributed by atoms with Gasteiger partial charge in [-0.05, 0) is 29.8 Å². The number of carbonyl (C=O) groups excluding carboxylic acids is 1. The molecular formula is C21H18ClF3N4O2. The number of halogens is 4. The highest BCUT2D eigenvalue weighted by molar-refractivity contribution is 6.33. The molecule has 2 atom stereocenters. The molecule has 0 saturated heterocycles. The fourth-order valence-corrected chi connectivity index (χ4v) is 3.67. The molecule has 0 fully saturated rings. The van der Waals surface area contributed by atoms with Crippen molar-refractivity contribution >= 4 is 29.0 Å². The average molecular weight is 451 g/mol. The van der Waals surface area contributed by atoms with E-state index in [9.17, 15) is 18.0 Å². The monoisotopic (exact) mass is 450 g/mol. The Bertz CT molecular complexity index is 1100. The van der Waals surface area contributed by atoms with Gasteiger partial charge in [0.25, 0.3) is 5.91 Å². The van der Waals surface area contributed by atoms with Crippen LogP contribution in [0.25, 0.3) is 0 Å². The van der Waals surface area contributed by atoms with Gasteiger partial charge in [-0.25, -0.2) is 4.68 Å². The molecule has 1 aromatic heterocycles. The van der Waals surface area contributed by atoms with E-state index in [2.05, 4.69) is 15.7 Å². The molecule has 2 aromatic carbocycles. The summed E-state index contributed by atoms with van der Waals surface area (Å²) in [5, 5.41) is 9.88. The number of aromatic nitrogens is 2. The van der Waals surface area contributed by atoms with Gasteiger partial charge in [0.1, 0.15) is 11.6 Å². The van der Waals surface area contributed by atoms with Crippen LogP contribution in [0.3, 0.4) is 0 Å². The van der Waals surface area contributed by atoms with Gasteiger partial charge < -0.3 is 15.4 Å². The van der Waals surface area contributed by atoms with Crippen molar-refractivity contribution in [1.29, 1.82) is 0 Å². The van der Waals surface area contributed by atoms with E-state index in [0.29, 0.717) is 22.0 Å². The fourth-order valence-electron chi connectivity index (χ4n) is 3.49. The molecule has 6 nitrogen and oxygen atoms in total. The molecule has 162 valence electrons. The molecule has 1 amide bonds. The molecular weight excluding hydrogens is 433 g/mol. The molecule has 0 bridgehead atoms. The zero-order chi connectivity index (χ0) is 22.2. The number of fused-ring (bicyclic) bond motifs is 1. The summed E-state index contributed by atoms with van der Waals surface area (Å²) in [4.78, 5) is 12.6. The topological polar surface area (TPSA) is 68.2 Å². The highest BCUT2D eigenvalue weighted by Crippen LogP contribution is 2.43. The fraction of sp³-hybridized carbons (Fsp3) is 0.238. The second-order valence-electron chi connectivity index (χ2n) is 7.06. The Hall–Kier alpha value is -3.20. The van der Waals surface area contributed by atoms with E-state index in [1.165, 1.54) is 13.2 Å². The normalized spacial score (nSPS) is 18.1. The Morgan fingerprint density at radius 2 is 1.94 bits per heavy atom. The van der Waals surface area contributed by atoms with Gasteiger partial charge >= 0.3 is 6.18 Å². The summed E-state index contributed by atoms with van der Waals surface area (Å²) in [5.41, 5.74) is 0.869. The first kappa shape index (κ1) is 21.0. The van der Waals surface area contributed by atoms with Crippen molar-refractivity contribution < 1.29 is 22.7 Å². The van der Waals surface area contributed by atoms with E-state index in [0.717, 1.165) is 4.68 Å². The molecule has 4 rings (SSSR count). The Morgan fingerprint density at radius 1 is 1.23 bits per heavy atom. The second-order valence-corrected chi connectivity index (χ2v) is 7.46. The Balaban J connectivity index is 1.64. The highest BCUT2D eigenvalue weighted by atomic mass is 35.5. The first-order valence-electron chi connectivity index (χ1n) is 9.39. The van der Waals surface area contributed by atoms with E-state index >= 15 is 0 Å². The number of amides is 1. The predicted octanol–water partition coefficient (Wildman–Crippen LogP) is 5.46. The van der Waals surface area contributed by atoms with Crippen molar-refractivity contribution in [2.24, 2.45) is 0 Å². The summed E-state index contributed by atoms with van der Waals surface area (Å²) in [5.74, 6) is 0.0629. The van der Waals surface area contributed by atoms with Crippen molar-refractivity contribution in [1.82, 2.24) is 9.78 Å². The zero-order valence-corrected chi connectivity index (χ0v) is 17.0. The van der Waals surface area contributed by atoms with Gasteiger partial charge in [-0.2, -0.15) is 18.3 Å². The maximum absolute atomic E-state index is 13.8. The third-order valence-electron chi connectivity index (χ3n) is 5.06. The van der Waals surface area contributed by atoms with E-state index in [1.807, 2.05) is 0 Å². The first-order chi connectivity index (χ1) is 14.8. The van der Waals surface area contributed by atoms with Crippen LogP contribution in [-0.4, -0.2) is 29.0 Å². The standard InChI is InChI=1S/C21H18ClF3N4O2/c1-31-13-8-6-12(7-9-13)16-10-18(21(23,24)25)29-19(26-16)11-17(28-29)20(30)27-15-5-3-2-4-14(15)22/h2-9,11,16,18,26H,10H2,1H3,(H,27,30)/t16-,18-/m1/s1. The van der Waals surface area contributed by atoms with Crippen LogP contribution < -0.4 is 15.4 Å². The van der Waals surface area contributed by atoms with Gasteiger partial charge in [0.15, 0.2) is 11.7 Å². The number of benzene rings is 2. The minimum absolute atomic E-state index is 0.110. The summed E-state index contributed by atoms with van der Waals surface area (Å²) >= 11 is 6.04. The summed E-state index contributed by atoms with van der Waals surface area (Å²) in [6.07, 6.45) is -4.81. The lowest BCUT2D eigenvalue weighted by Crippen LogP contribution is -2.35. The number of nitrogens with one attached hydrogen (secondary N) is 2. The van der Waals surface area contributed by atoms with Crippen LogP contribution in [0.5, 0.6) is 5.75 Å². The maximum Gasteiger partial charge on any atom is 0.410 e. The SMILES string of the molecule is COc1ccc([C@H]2C[C@H](C(F)(F)F)n3nc(C(=O)Nc4ccccc4Cl)cc3N2)cc1. The van der Waals surface area contributed by atoms with Crippen LogP contribution in [0.4, 0.5) is 24.7 Å². The molecule has 0 aliphatic carbocycles. The number of ether oxygens (including phenoxy) is 1. The van der Waals surface area contributed by atoms with Gasteiger partial charge in [0.05, 0.1) is 23.9 Å². The Morgan fingerprint density at radius 3 is 2.58 bits per heavy atom. The summed E-state index contributed by atoms with van der Waals surface area (Å²) in [7, 11) is 1.52. The lowest BCUT2D eigenvalue weighted by atomic mass is 9.97. The van der Waals surface area contributed by atoms with Gasteiger partial charge in [-0.3, -0.25) is 4.79 Å². The lowest BCUT2D eigenvalue weighted by molar-refractivity contribution is -0.173. The molecule has 31 heavy (non-hydrogen) atoms. The molecule has 0 spiro atoms. The lowest BCUT2D eigenvalue weighted by Gasteiger charge is -2.33. The second kappa shape index (κ2) is 8.14. The van der Waals surface area contributed by atoms with Crippen molar-refractivity contribution in [2.45, 2.75) is 24.7 Å². The molecule has 1 aliphatic heterocycles. The van der Waals surface area contributed by atoms with Crippen LogP contribution in [0.2, 0.25) is 5.02 Å². The van der Waals surface area contributed by atoms with E-state index < -0.39 is 24.2 Å². The minimum Gasteiger partial charge on any atom is -0.497 e. The highest BCUT2D eigenvalue weighted by Gasteiger charge is 2.46. The number of anilines is 2. The molecule has 0 unspecified atom stereocenters. The molecule has 1 aliphatic rings. The van der Waals surface area contributed by atoms with E-state index in [4.69, 9.17) is 16.3 Å². The summed E-state index contributed by atoms with van der Waals surface area (Å²) in [6.45, 7) is 0. The van der Waals surface area contributed by atoms with Crippen LogP contribution in [0.15, 0.2) is 54.6 Å². The van der Waals surface area contributed by atoms with Crippen molar-refractivity contribution in [3.8, 4) is 5.75 Å². The number of carbonyl (C=O) groups is 1. The minimum atomic E-state index is -4.54. The number of hydrogen-bond acceptors (Lipinski definition) is 4. The molecule has 10 heteroatoms. The Kier molecular flexibility index (Phi) is 5.53. The number of alkyl halides is 3. The van der Waals surface area contributed by atoms with Gasteiger partial charge in [-0.15, -0.1) is 0 Å². The van der Waals surface area contributed by atoms with Crippen LogP contribution >= 0.6 is 11.6 Å². The van der Waals surface area contributed by atoms with Crippen LogP contribution in [0.1, 0.15) is 34.6 Å². The first-order valence-corrected chi connectivity index (χ1v) is 9.76. The maximum atomic E-state index is 13.8. The van der Waals surface area contributed by atoms with Gasteiger partial charge in [0.2, 0.25) is 0 Å². The smallest absolute Gasteiger partial charge is 0.410 e. The largest absolute Gasteiger partial charge is 0.497 e. The van der Waals surface area contributed by atoms with Gasteiger partial charge in [0, 0.05) is 12.5 Å². The number of hydrogen-bond donors (Lipinski definition) is 2. The quantitative estimate of drug-likeness (QED) is 0.554. The molecule has 2 heterocycles. The third kappa shape index (κ3) is 4.32. The van der Waals surface area contributed by atoms with Crippen molar-refractivity contribution in [2.75, 3.05) is 17.7 Å². The van der Waals surface area contributed by atoms with E-state index in [1.54, 1.807) is 48.5 Å². The summed E-state index contributed by atoms with van der Waals surface area (Å²) in [6, 6.07) is 12.2. The van der Waals surface area contributed by atoms with Crippen LogP contribution in [0, 0.1) is 0 Å². The number of para-hydroxylation sites is 1. The number of methoxy groups -OCH3 is 1. The predicted molar refractivity (Wildman–Crippen MR) is 111 cm³/mol. The molecule has 0 radical (unpaired) electrons. The molecule has 3 aromatic rings. The molecule has 2 N–H and O–H groups in total. The summed E-state index contributed by atoms with van der Waals surface area (Å²) < 4.78 is 47.4. The van der Waals surface area contributed by atoms with Gasteiger partial charge in [-0.1, -0.05) is 35.9 Å². The van der Waals surface area contributed by atoms with Crippen LogP contribution in [-0.2, 0) is 0 Å². The average Bonchev–Trinajstić information content (AvgIpc) is 3.18.